The van der Waals surface area contributed by atoms with Crippen LogP contribution in [0.5, 0.6) is 0 Å². The van der Waals surface area contributed by atoms with Crippen LogP contribution in [0, 0.1) is 6.92 Å². The Bertz CT molecular complexity index is 201. The molecule has 0 aromatic rings. The molecule has 15 heavy (non-hydrogen) atoms. The molecule has 0 heterocycles. The molecule has 87 valence electrons. The minimum absolute atomic E-state index is 0.0360. The predicted molar refractivity (Wildman–Crippen MR) is 56.0 cm³/mol. The first-order valence-electron chi connectivity index (χ1n) is 5.28. The molecule has 0 rings (SSSR count). The molecule has 4 heteroatoms. The van der Waals surface area contributed by atoms with Crippen molar-refractivity contribution in [3.63, 3.8) is 0 Å². The first kappa shape index (κ1) is 13.9. The van der Waals surface area contributed by atoms with Crippen LogP contribution in [-0.2, 0) is 19.1 Å². The quantitative estimate of drug-likeness (QED) is 0.608. The Morgan fingerprint density at radius 3 is 2.20 bits per heavy atom. The molecule has 0 fully saturated rings. The summed E-state index contributed by atoms with van der Waals surface area (Å²) in [5, 5.41) is 0. The van der Waals surface area contributed by atoms with E-state index in [0.717, 1.165) is 12.8 Å². The van der Waals surface area contributed by atoms with Crippen molar-refractivity contribution in [1.82, 2.24) is 0 Å². The van der Waals surface area contributed by atoms with E-state index >= 15 is 0 Å². The number of carbonyl (C=O) groups is 2. The Hall–Kier alpha value is -1.06. The summed E-state index contributed by atoms with van der Waals surface area (Å²) in [5.74, 6) is -0.582. The van der Waals surface area contributed by atoms with Gasteiger partial charge in [0.05, 0.1) is 0 Å². The molecule has 0 aliphatic rings. The maximum absolute atomic E-state index is 11.0. The second-order valence-electron chi connectivity index (χ2n) is 3.29. The van der Waals surface area contributed by atoms with E-state index in [4.69, 9.17) is 9.47 Å². The minimum Gasteiger partial charge on any atom is -0.462 e. The van der Waals surface area contributed by atoms with Gasteiger partial charge in [-0.3, -0.25) is 9.59 Å². The topological polar surface area (TPSA) is 52.6 Å². The highest BCUT2D eigenvalue weighted by molar-refractivity contribution is 5.70. The molecule has 0 N–H and O–H groups in total. The fourth-order valence-corrected chi connectivity index (χ4v) is 0.945. The fourth-order valence-electron chi connectivity index (χ4n) is 0.945. The van der Waals surface area contributed by atoms with Crippen molar-refractivity contribution in [3.05, 3.63) is 6.92 Å². The zero-order valence-corrected chi connectivity index (χ0v) is 9.45. The van der Waals surface area contributed by atoms with Gasteiger partial charge in [-0.15, -0.1) is 0 Å². The van der Waals surface area contributed by atoms with Gasteiger partial charge in [-0.05, 0) is 19.8 Å². The zero-order chi connectivity index (χ0) is 11.7. The van der Waals surface area contributed by atoms with E-state index in [9.17, 15) is 9.59 Å². The molecule has 0 spiro atoms. The Labute approximate surface area is 90.9 Å². The lowest BCUT2D eigenvalue weighted by Gasteiger charge is -2.12. The van der Waals surface area contributed by atoms with Crippen molar-refractivity contribution >= 4 is 11.9 Å². The van der Waals surface area contributed by atoms with Crippen molar-refractivity contribution in [3.8, 4) is 0 Å². The van der Waals surface area contributed by atoms with E-state index in [2.05, 4.69) is 6.92 Å². The van der Waals surface area contributed by atoms with E-state index < -0.39 is 6.10 Å². The second kappa shape index (κ2) is 8.26. The van der Waals surface area contributed by atoms with Crippen molar-refractivity contribution < 1.29 is 19.1 Å². The molecule has 1 unspecified atom stereocenters. The maximum Gasteiger partial charge on any atom is 0.306 e. The van der Waals surface area contributed by atoms with E-state index in [0.29, 0.717) is 12.8 Å². The van der Waals surface area contributed by atoms with Gasteiger partial charge in [-0.25, -0.2) is 0 Å². The molecule has 0 saturated carbocycles. The number of rotatable bonds is 7. The Morgan fingerprint density at radius 2 is 1.67 bits per heavy atom. The van der Waals surface area contributed by atoms with Gasteiger partial charge in [0, 0.05) is 12.8 Å². The van der Waals surface area contributed by atoms with Crippen LogP contribution in [0.25, 0.3) is 0 Å². The monoisotopic (exact) mass is 215 g/mol. The van der Waals surface area contributed by atoms with Crippen LogP contribution in [0.2, 0.25) is 0 Å². The average Bonchev–Trinajstić information content (AvgIpc) is 2.15. The molecular formula is C11H19O4. The summed E-state index contributed by atoms with van der Waals surface area (Å²) in [5.41, 5.74) is 0. The van der Waals surface area contributed by atoms with Crippen LogP contribution in [0.3, 0.4) is 0 Å². The van der Waals surface area contributed by atoms with Crippen LogP contribution < -0.4 is 0 Å². The van der Waals surface area contributed by atoms with Gasteiger partial charge in [0.1, 0.15) is 12.7 Å². The van der Waals surface area contributed by atoms with Gasteiger partial charge in [0.25, 0.3) is 0 Å². The third-order valence-corrected chi connectivity index (χ3v) is 1.64. The van der Waals surface area contributed by atoms with Crippen LogP contribution in [-0.4, -0.2) is 24.6 Å². The zero-order valence-electron chi connectivity index (χ0n) is 9.45. The molecule has 0 aliphatic heterocycles. The lowest BCUT2D eigenvalue weighted by molar-refractivity contribution is -0.156. The maximum atomic E-state index is 11.0. The lowest BCUT2D eigenvalue weighted by Crippen LogP contribution is -2.22. The Kier molecular flexibility index (Phi) is 7.68. The Morgan fingerprint density at radius 1 is 1.13 bits per heavy atom. The van der Waals surface area contributed by atoms with Gasteiger partial charge in [0.15, 0.2) is 0 Å². The lowest BCUT2D eigenvalue weighted by atomic mass is 10.3. The number of hydrogen-bond donors (Lipinski definition) is 0. The molecule has 1 atom stereocenters. The molecule has 0 aliphatic carbocycles. The number of carbonyl (C=O) groups excluding carboxylic acids is 2. The molecule has 0 saturated heterocycles. The van der Waals surface area contributed by atoms with Crippen molar-refractivity contribution in [2.45, 2.75) is 45.6 Å². The van der Waals surface area contributed by atoms with Crippen molar-refractivity contribution in [2.75, 3.05) is 6.61 Å². The third kappa shape index (κ3) is 7.97. The van der Waals surface area contributed by atoms with Crippen molar-refractivity contribution in [1.29, 1.82) is 0 Å². The SMILES string of the molecule is [CH2]C(COC(=O)CCC)OC(=O)CCC. The first-order chi connectivity index (χ1) is 7.10. The molecule has 0 amide bonds. The summed E-state index contributed by atoms with van der Waals surface area (Å²) >= 11 is 0. The minimum atomic E-state index is -0.607. The van der Waals surface area contributed by atoms with Crippen molar-refractivity contribution in [2.24, 2.45) is 0 Å². The first-order valence-corrected chi connectivity index (χ1v) is 5.28. The largest absolute Gasteiger partial charge is 0.462 e. The number of hydrogen-bond acceptors (Lipinski definition) is 4. The highest BCUT2D eigenvalue weighted by Gasteiger charge is 2.10. The smallest absolute Gasteiger partial charge is 0.306 e. The van der Waals surface area contributed by atoms with E-state index in [1.165, 1.54) is 0 Å². The van der Waals surface area contributed by atoms with E-state index in [1.807, 2.05) is 13.8 Å². The number of ether oxygens (including phenoxy) is 2. The van der Waals surface area contributed by atoms with E-state index in [-0.39, 0.29) is 18.5 Å². The molecule has 0 bridgehead atoms. The molecule has 1 radical (unpaired) electrons. The van der Waals surface area contributed by atoms with Gasteiger partial charge in [-0.1, -0.05) is 13.8 Å². The Balaban J connectivity index is 3.60. The van der Waals surface area contributed by atoms with Crippen LogP contribution >= 0.6 is 0 Å². The summed E-state index contributed by atoms with van der Waals surface area (Å²) < 4.78 is 9.74. The summed E-state index contributed by atoms with van der Waals surface area (Å²) in [6.07, 6.45) is 1.63. The summed E-state index contributed by atoms with van der Waals surface area (Å²) in [6, 6.07) is 0. The van der Waals surface area contributed by atoms with E-state index in [1.54, 1.807) is 0 Å². The normalized spacial score (nSPS) is 11.9. The predicted octanol–water partition coefficient (Wildman–Crippen LogP) is 1.88. The molecule has 0 aromatic heterocycles. The molecule has 0 aromatic carbocycles. The molecular weight excluding hydrogens is 196 g/mol. The summed E-state index contributed by atoms with van der Waals surface area (Å²) in [4.78, 5) is 22.0. The third-order valence-electron chi connectivity index (χ3n) is 1.64. The van der Waals surface area contributed by atoms with Gasteiger partial charge in [-0.2, -0.15) is 0 Å². The standard InChI is InChI=1S/C11H19O4/c1-4-6-10(12)14-8-9(3)15-11(13)7-5-2/h9H,3-8H2,1-2H3. The van der Waals surface area contributed by atoms with Crippen LogP contribution in [0.1, 0.15) is 39.5 Å². The summed E-state index contributed by atoms with van der Waals surface area (Å²) in [7, 11) is 0. The fraction of sp³-hybridized carbons (Fsp3) is 0.727. The molecule has 4 nitrogen and oxygen atoms in total. The summed E-state index contributed by atoms with van der Waals surface area (Å²) in [6.45, 7) is 7.39. The highest BCUT2D eigenvalue weighted by atomic mass is 16.6. The van der Waals surface area contributed by atoms with Gasteiger partial charge >= 0.3 is 11.9 Å². The van der Waals surface area contributed by atoms with Gasteiger partial charge < -0.3 is 9.47 Å². The van der Waals surface area contributed by atoms with Crippen LogP contribution in [0.4, 0.5) is 0 Å². The highest BCUT2D eigenvalue weighted by Crippen LogP contribution is 1.99. The van der Waals surface area contributed by atoms with Crippen LogP contribution in [0.15, 0.2) is 0 Å². The number of esters is 2. The van der Waals surface area contributed by atoms with Gasteiger partial charge in [0.2, 0.25) is 0 Å². The average molecular weight is 215 g/mol. The second-order valence-corrected chi connectivity index (χ2v) is 3.29.